The Hall–Kier alpha value is -3.61. The minimum atomic E-state index is -0.300. The van der Waals surface area contributed by atoms with E-state index in [-0.39, 0.29) is 17.5 Å². The van der Waals surface area contributed by atoms with Crippen molar-refractivity contribution in [2.45, 2.75) is 13.2 Å². The minimum Gasteiger partial charge on any atom is -0.487 e. The van der Waals surface area contributed by atoms with Crippen LogP contribution >= 0.6 is 0 Å². The molecule has 0 unspecified atom stereocenters. The van der Waals surface area contributed by atoms with Crippen molar-refractivity contribution < 1.29 is 9.53 Å². The van der Waals surface area contributed by atoms with Crippen LogP contribution in [0, 0.1) is 0 Å². The number of carbonyl (C=O) groups is 1. The Kier molecular flexibility index (Phi) is 5.28. The molecule has 0 aliphatic heterocycles. The molecule has 5 N–H and O–H groups in total. The molecule has 0 fully saturated rings. The van der Waals surface area contributed by atoms with Gasteiger partial charge in [-0.3, -0.25) is 9.78 Å². The van der Waals surface area contributed by atoms with Gasteiger partial charge in [-0.1, -0.05) is 18.2 Å². The smallest absolute Gasteiger partial charge is 0.255 e. The van der Waals surface area contributed by atoms with Crippen LogP contribution in [-0.4, -0.2) is 15.9 Å². The molecule has 7 nitrogen and oxygen atoms in total. The molecule has 0 saturated heterocycles. The second-order valence-corrected chi connectivity index (χ2v) is 5.61. The van der Waals surface area contributed by atoms with Crippen LogP contribution in [-0.2, 0) is 13.2 Å². The number of aromatic nitrogens is 2. The van der Waals surface area contributed by atoms with E-state index in [1.165, 1.54) is 0 Å². The number of ether oxygens (including phenoxy) is 1. The molecule has 0 radical (unpaired) electrons. The molecule has 1 amide bonds. The van der Waals surface area contributed by atoms with E-state index in [9.17, 15) is 4.79 Å². The molecule has 0 atom stereocenters. The topological polar surface area (TPSA) is 116 Å². The van der Waals surface area contributed by atoms with Gasteiger partial charge in [0.05, 0.1) is 11.3 Å². The van der Waals surface area contributed by atoms with Crippen LogP contribution in [0.15, 0.2) is 60.8 Å². The maximum Gasteiger partial charge on any atom is 0.255 e. The normalized spacial score (nSPS) is 10.3. The van der Waals surface area contributed by atoms with Gasteiger partial charge in [0.1, 0.15) is 24.0 Å². The fraction of sp³-hybridized carbons (Fsp3) is 0.105. The largest absolute Gasteiger partial charge is 0.487 e. The molecule has 0 spiro atoms. The molecule has 0 saturated carbocycles. The zero-order chi connectivity index (χ0) is 18.4. The van der Waals surface area contributed by atoms with Gasteiger partial charge in [0.2, 0.25) is 0 Å². The van der Waals surface area contributed by atoms with Crippen LogP contribution < -0.4 is 21.5 Å². The molecular formula is C19H19N5O2. The Balaban J connectivity index is 1.53. The first-order valence-electron chi connectivity index (χ1n) is 8.03. The van der Waals surface area contributed by atoms with Crippen molar-refractivity contribution in [1.29, 1.82) is 0 Å². The fourth-order valence-corrected chi connectivity index (χ4v) is 2.30. The van der Waals surface area contributed by atoms with E-state index in [1.807, 2.05) is 42.5 Å². The maximum atomic E-state index is 12.2. The third-order valence-corrected chi connectivity index (χ3v) is 3.68. The van der Waals surface area contributed by atoms with Gasteiger partial charge >= 0.3 is 0 Å². The molecule has 3 rings (SSSR count). The Morgan fingerprint density at radius 2 is 1.85 bits per heavy atom. The predicted octanol–water partition coefficient (Wildman–Crippen LogP) is 2.15. The molecule has 2 heterocycles. The lowest BCUT2D eigenvalue weighted by Gasteiger charge is -2.09. The monoisotopic (exact) mass is 349 g/mol. The number of nitrogens with zero attached hydrogens (tertiary/aromatic N) is 2. The summed E-state index contributed by atoms with van der Waals surface area (Å²) in [5, 5.41) is 2.80. The predicted molar refractivity (Wildman–Crippen MR) is 99.2 cm³/mol. The molecule has 7 heteroatoms. The quantitative estimate of drug-likeness (QED) is 0.628. The molecule has 3 aromatic rings. The summed E-state index contributed by atoms with van der Waals surface area (Å²) in [5.74, 6) is 0.823. The number of nitrogen functional groups attached to an aromatic ring is 2. The van der Waals surface area contributed by atoms with Crippen LogP contribution in [0.3, 0.4) is 0 Å². The summed E-state index contributed by atoms with van der Waals surface area (Å²) < 4.78 is 5.68. The SMILES string of the molecule is Nc1ccc(C(=O)NCc2ccc(OCc3ccccn3)cc2)c(N)n1. The zero-order valence-electron chi connectivity index (χ0n) is 14.1. The van der Waals surface area contributed by atoms with E-state index in [4.69, 9.17) is 16.2 Å². The van der Waals surface area contributed by atoms with E-state index in [2.05, 4.69) is 15.3 Å². The summed E-state index contributed by atoms with van der Waals surface area (Å²) in [6.45, 7) is 0.767. The number of benzene rings is 1. The summed E-state index contributed by atoms with van der Waals surface area (Å²) in [7, 11) is 0. The Morgan fingerprint density at radius 3 is 2.54 bits per heavy atom. The number of nitrogens with two attached hydrogens (primary N) is 2. The van der Waals surface area contributed by atoms with E-state index in [0.29, 0.717) is 18.7 Å². The van der Waals surface area contributed by atoms with E-state index < -0.39 is 0 Å². The highest BCUT2D eigenvalue weighted by molar-refractivity contribution is 5.98. The molecule has 132 valence electrons. The van der Waals surface area contributed by atoms with E-state index in [0.717, 1.165) is 17.0 Å². The van der Waals surface area contributed by atoms with Crippen molar-refractivity contribution in [2.75, 3.05) is 11.5 Å². The summed E-state index contributed by atoms with van der Waals surface area (Å²) in [5.41, 5.74) is 13.3. The van der Waals surface area contributed by atoms with Crippen LogP contribution in [0.25, 0.3) is 0 Å². The van der Waals surface area contributed by atoms with E-state index >= 15 is 0 Å². The summed E-state index contributed by atoms with van der Waals surface area (Å²) in [6, 6.07) is 16.3. The van der Waals surface area contributed by atoms with Gasteiger partial charge in [0, 0.05) is 12.7 Å². The summed E-state index contributed by atoms with van der Waals surface area (Å²) in [6.07, 6.45) is 1.73. The van der Waals surface area contributed by atoms with Gasteiger partial charge in [0.15, 0.2) is 0 Å². The number of rotatable bonds is 6. The first-order valence-corrected chi connectivity index (χ1v) is 8.03. The average Bonchev–Trinajstić information content (AvgIpc) is 2.66. The fourth-order valence-electron chi connectivity index (χ4n) is 2.30. The number of carbonyl (C=O) groups excluding carboxylic acids is 1. The highest BCUT2D eigenvalue weighted by Crippen LogP contribution is 2.15. The molecule has 0 bridgehead atoms. The van der Waals surface area contributed by atoms with Crippen LogP contribution in [0.1, 0.15) is 21.6 Å². The van der Waals surface area contributed by atoms with Gasteiger partial charge in [-0.05, 0) is 42.0 Å². The van der Waals surface area contributed by atoms with Crippen molar-refractivity contribution in [1.82, 2.24) is 15.3 Å². The Bertz CT molecular complexity index is 882. The van der Waals surface area contributed by atoms with Gasteiger partial charge in [-0.15, -0.1) is 0 Å². The highest BCUT2D eigenvalue weighted by Gasteiger charge is 2.10. The molecular weight excluding hydrogens is 330 g/mol. The zero-order valence-corrected chi connectivity index (χ0v) is 14.1. The molecule has 0 aliphatic carbocycles. The van der Waals surface area contributed by atoms with Crippen molar-refractivity contribution in [2.24, 2.45) is 0 Å². The second kappa shape index (κ2) is 7.98. The molecule has 0 aliphatic rings. The van der Waals surface area contributed by atoms with Gasteiger partial charge < -0.3 is 21.5 Å². The van der Waals surface area contributed by atoms with Crippen LogP contribution in [0.4, 0.5) is 11.6 Å². The number of nitrogens with one attached hydrogen (secondary N) is 1. The standard InChI is InChI=1S/C19H19N5O2/c20-17-9-8-16(18(21)24-17)19(25)23-11-13-4-6-15(7-5-13)26-12-14-3-1-2-10-22-14/h1-10H,11-12H2,(H,23,25)(H4,20,21,24). The lowest BCUT2D eigenvalue weighted by atomic mass is 10.2. The van der Waals surface area contributed by atoms with Gasteiger partial charge in [0.25, 0.3) is 5.91 Å². The molecule has 26 heavy (non-hydrogen) atoms. The second-order valence-electron chi connectivity index (χ2n) is 5.61. The lowest BCUT2D eigenvalue weighted by Crippen LogP contribution is -2.24. The number of pyridine rings is 2. The number of anilines is 2. The van der Waals surface area contributed by atoms with Crippen molar-refractivity contribution in [3.8, 4) is 5.75 Å². The van der Waals surface area contributed by atoms with Crippen LogP contribution in [0.2, 0.25) is 0 Å². The number of hydrogen-bond donors (Lipinski definition) is 3. The number of amides is 1. The molecule has 1 aromatic carbocycles. The van der Waals surface area contributed by atoms with Gasteiger partial charge in [-0.2, -0.15) is 0 Å². The van der Waals surface area contributed by atoms with Gasteiger partial charge in [-0.25, -0.2) is 4.98 Å². The van der Waals surface area contributed by atoms with Crippen molar-refractivity contribution >= 4 is 17.5 Å². The number of hydrogen-bond acceptors (Lipinski definition) is 6. The summed E-state index contributed by atoms with van der Waals surface area (Å²) >= 11 is 0. The molecule has 2 aromatic heterocycles. The minimum absolute atomic E-state index is 0.112. The van der Waals surface area contributed by atoms with Crippen molar-refractivity contribution in [3.63, 3.8) is 0 Å². The van der Waals surface area contributed by atoms with Crippen LogP contribution in [0.5, 0.6) is 5.75 Å². The van der Waals surface area contributed by atoms with Crippen molar-refractivity contribution in [3.05, 3.63) is 77.6 Å². The third kappa shape index (κ3) is 4.47. The first-order chi connectivity index (χ1) is 12.6. The Morgan fingerprint density at radius 1 is 1.04 bits per heavy atom. The average molecular weight is 349 g/mol. The lowest BCUT2D eigenvalue weighted by molar-refractivity contribution is 0.0951. The Labute approximate surface area is 151 Å². The van der Waals surface area contributed by atoms with E-state index in [1.54, 1.807) is 18.3 Å². The third-order valence-electron chi connectivity index (χ3n) is 3.68. The first kappa shape index (κ1) is 17.2. The maximum absolute atomic E-state index is 12.2. The summed E-state index contributed by atoms with van der Waals surface area (Å²) in [4.78, 5) is 20.3. The highest BCUT2D eigenvalue weighted by atomic mass is 16.5.